The summed E-state index contributed by atoms with van der Waals surface area (Å²) in [6.07, 6.45) is 7.55. The predicted molar refractivity (Wildman–Crippen MR) is 94.6 cm³/mol. The van der Waals surface area contributed by atoms with Gasteiger partial charge in [-0.2, -0.15) is 0 Å². The van der Waals surface area contributed by atoms with Crippen LogP contribution < -0.4 is 5.32 Å². The Labute approximate surface area is 147 Å². The SMILES string of the molecule is O=C(NCCCN1CCCCC1CO)c1cccc(-n2cnnc2)c1. The fourth-order valence-corrected chi connectivity index (χ4v) is 3.29. The van der Waals surface area contributed by atoms with E-state index in [0.717, 1.165) is 31.6 Å². The van der Waals surface area contributed by atoms with Gasteiger partial charge in [0.2, 0.25) is 0 Å². The first kappa shape index (κ1) is 17.6. The third-order valence-corrected chi connectivity index (χ3v) is 4.69. The van der Waals surface area contributed by atoms with Crippen LogP contribution in [0.4, 0.5) is 0 Å². The number of hydrogen-bond donors (Lipinski definition) is 2. The van der Waals surface area contributed by atoms with Gasteiger partial charge in [0.05, 0.1) is 6.61 Å². The molecule has 1 atom stereocenters. The van der Waals surface area contributed by atoms with Gasteiger partial charge in [0, 0.05) is 30.4 Å². The third kappa shape index (κ3) is 4.64. The number of nitrogens with zero attached hydrogens (tertiary/aromatic N) is 4. The molecule has 1 fully saturated rings. The minimum absolute atomic E-state index is 0.0766. The van der Waals surface area contributed by atoms with Gasteiger partial charge < -0.3 is 10.4 Å². The average Bonchev–Trinajstić information content (AvgIpc) is 3.20. The van der Waals surface area contributed by atoms with Crippen LogP contribution in [0.15, 0.2) is 36.9 Å². The molecule has 7 nitrogen and oxygen atoms in total. The molecule has 7 heteroatoms. The maximum atomic E-state index is 12.3. The molecule has 1 amide bonds. The second-order valence-corrected chi connectivity index (χ2v) is 6.40. The molecule has 2 aromatic rings. The van der Waals surface area contributed by atoms with E-state index in [2.05, 4.69) is 20.4 Å². The van der Waals surface area contributed by atoms with Crippen LogP contribution in [-0.4, -0.2) is 63.0 Å². The highest BCUT2D eigenvalue weighted by atomic mass is 16.3. The summed E-state index contributed by atoms with van der Waals surface area (Å²) < 4.78 is 1.77. The summed E-state index contributed by atoms with van der Waals surface area (Å²) in [5.74, 6) is -0.0766. The molecule has 1 aliphatic heterocycles. The lowest BCUT2D eigenvalue weighted by atomic mass is 10.0. The van der Waals surface area contributed by atoms with Crippen molar-refractivity contribution in [3.05, 3.63) is 42.5 Å². The van der Waals surface area contributed by atoms with E-state index < -0.39 is 0 Å². The number of aliphatic hydroxyl groups excluding tert-OH is 1. The fourth-order valence-electron chi connectivity index (χ4n) is 3.29. The van der Waals surface area contributed by atoms with E-state index in [1.54, 1.807) is 23.3 Å². The van der Waals surface area contributed by atoms with Crippen LogP contribution in [0.2, 0.25) is 0 Å². The Kier molecular flexibility index (Phi) is 6.14. The van der Waals surface area contributed by atoms with E-state index in [0.29, 0.717) is 12.1 Å². The molecule has 1 saturated heterocycles. The minimum atomic E-state index is -0.0766. The zero-order valence-corrected chi connectivity index (χ0v) is 14.3. The van der Waals surface area contributed by atoms with Crippen LogP contribution >= 0.6 is 0 Å². The van der Waals surface area contributed by atoms with E-state index >= 15 is 0 Å². The molecule has 0 bridgehead atoms. The van der Waals surface area contributed by atoms with Gasteiger partial charge in [0.15, 0.2) is 0 Å². The van der Waals surface area contributed by atoms with Crippen molar-refractivity contribution in [1.82, 2.24) is 25.0 Å². The lowest BCUT2D eigenvalue weighted by Crippen LogP contribution is -2.43. The first-order chi connectivity index (χ1) is 12.3. The largest absolute Gasteiger partial charge is 0.395 e. The Morgan fingerprint density at radius 3 is 2.92 bits per heavy atom. The second-order valence-electron chi connectivity index (χ2n) is 6.40. The van der Waals surface area contributed by atoms with E-state index in [1.807, 2.05) is 18.2 Å². The number of amides is 1. The molecule has 0 saturated carbocycles. The van der Waals surface area contributed by atoms with Crippen molar-refractivity contribution in [2.24, 2.45) is 0 Å². The standard InChI is InChI=1S/C18H25N5O2/c24-12-17-6-1-2-9-22(17)10-4-8-19-18(25)15-5-3-7-16(11-15)23-13-20-21-14-23/h3,5,7,11,13-14,17,24H,1-2,4,6,8-10,12H2,(H,19,25). The van der Waals surface area contributed by atoms with Gasteiger partial charge in [0.1, 0.15) is 12.7 Å². The lowest BCUT2D eigenvalue weighted by molar-refractivity contribution is 0.0868. The lowest BCUT2D eigenvalue weighted by Gasteiger charge is -2.34. The second kappa shape index (κ2) is 8.73. The molecule has 2 N–H and O–H groups in total. The number of piperidine rings is 1. The van der Waals surface area contributed by atoms with Crippen LogP contribution in [-0.2, 0) is 0 Å². The quantitative estimate of drug-likeness (QED) is 0.739. The van der Waals surface area contributed by atoms with Crippen LogP contribution in [0, 0.1) is 0 Å². The topological polar surface area (TPSA) is 83.3 Å². The molecule has 1 aromatic heterocycles. The molecule has 1 aromatic carbocycles. The predicted octanol–water partition coefficient (Wildman–Crippen LogP) is 1.23. The Hall–Kier alpha value is -2.25. The summed E-state index contributed by atoms with van der Waals surface area (Å²) in [6, 6.07) is 7.67. The van der Waals surface area contributed by atoms with Gasteiger partial charge in [0.25, 0.3) is 5.91 Å². The number of rotatable bonds is 7. The summed E-state index contributed by atoms with van der Waals surface area (Å²) in [6.45, 7) is 2.80. The van der Waals surface area contributed by atoms with Crippen molar-refractivity contribution < 1.29 is 9.90 Å². The summed E-state index contributed by atoms with van der Waals surface area (Å²) in [4.78, 5) is 14.7. The maximum Gasteiger partial charge on any atom is 0.251 e. The van der Waals surface area contributed by atoms with Gasteiger partial charge in [-0.25, -0.2) is 0 Å². The minimum Gasteiger partial charge on any atom is -0.395 e. The molecular weight excluding hydrogens is 318 g/mol. The van der Waals surface area contributed by atoms with Crippen LogP contribution in [0.5, 0.6) is 0 Å². The normalized spacial score (nSPS) is 18.2. The maximum absolute atomic E-state index is 12.3. The first-order valence-electron chi connectivity index (χ1n) is 8.86. The molecule has 0 radical (unpaired) electrons. The Morgan fingerprint density at radius 2 is 2.12 bits per heavy atom. The van der Waals surface area contributed by atoms with E-state index in [1.165, 1.54) is 12.8 Å². The zero-order chi connectivity index (χ0) is 17.5. The molecule has 0 spiro atoms. The number of likely N-dealkylation sites (tertiary alicyclic amines) is 1. The molecular formula is C18H25N5O2. The van der Waals surface area contributed by atoms with E-state index in [9.17, 15) is 9.90 Å². The molecule has 134 valence electrons. The smallest absolute Gasteiger partial charge is 0.251 e. The van der Waals surface area contributed by atoms with Crippen molar-refractivity contribution in [2.45, 2.75) is 31.7 Å². The number of nitrogens with one attached hydrogen (secondary N) is 1. The zero-order valence-electron chi connectivity index (χ0n) is 14.3. The van der Waals surface area contributed by atoms with Gasteiger partial charge in [-0.15, -0.1) is 10.2 Å². The Bertz CT molecular complexity index is 674. The Balaban J connectivity index is 1.47. The number of hydrogen-bond acceptors (Lipinski definition) is 5. The van der Waals surface area contributed by atoms with Gasteiger partial charge in [-0.3, -0.25) is 14.3 Å². The molecule has 3 rings (SSSR count). The van der Waals surface area contributed by atoms with Crippen molar-refractivity contribution in [2.75, 3.05) is 26.2 Å². The number of carbonyl (C=O) groups is 1. The summed E-state index contributed by atoms with van der Waals surface area (Å²) in [5.41, 5.74) is 1.48. The third-order valence-electron chi connectivity index (χ3n) is 4.69. The summed E-state index contributed by atoms with van der Waals surface area (Å²) >= 11 is 0. The highest BCUT2D eigenvalue weighted by Crippen LogP contribution is 2.16. The monoisotopic (exact) mass is 343 g/mol. The van der Waals surface area contributed by atoms with Crippen LogP contribution in [0.3, 0.4) is 0 Å². The first-order valence-corrected chi connectivity index (χ1v) is 8.86. The Morgan fingerprint density at radius 1 is 1.28 bits per heavy atom. The van der Waals surface area contributed by atoms with E-state index in [-0.39, 0.29) is 18.6 Å². The van der Waals surface area contributed by atoms with Gasteiger partial charge >= 0.3 is 0 Å². The van der Waals surface area contributed by atoms with Crippen LogP contribution in [0.1, 0.15) is 36.0 Å². The average molecular weight is 343 g/mol. The summed E-state index contributed by atoms with van der Waals surface area (Å²) in [7, 11) is 0. The number of aromatic nitrogens is 3. The molecule has 0 aliphatic carbocycles. The molecule has 1 unspecified atom stereocenters. The fraction of sp³-hybridized carbons (Fsp3) is 0.500. The van der Waals surface area contributed by atoms with Crippen molar-refractivity contribution >= 4 is 5.91 Å². The number of aliphatic hydroxyl groups is 1. The van der Waals surface area contributed by atoms with Gasteiger partial charge in [-0.05, 0) is 44.0 Å². The molecule has 2 heterocycles. The highest BCUT2D eigenvalue weighted by molar-refractivity contribution is 5.94. The van der Waals surface area contributed by atoms with Crippen molar-refractivity contribution in [3.63, 3.8) is 0 Å². The number of carbonyl (C=O) groups excluding carboxylic acids is 1. The summed E-state index contributed by atoms with van der Waals surface area (Å²) in [5, 5.41) is 20.0. The highest BCUT2D eigenvalue weighted by Gasteiger charge is 2.20. The van der Waals surface area contributed by atoms with Crippen LogP contribution in [0.25, 0.3) is 5.69 Å². The van der Waals surface area contributed by atoms with E-state index in [4.69, 9.17) is 0 Å². The van der Waals surface area contributed by atoms with Gasteiger partial charge in [-0.1, -0.05) is 12.5 Å². The molecule has 25 heavy (non-hydrogen) atoms. The van der Waals surface area contributed by atoms with Crippen molar-refractivity contribution in [3.8, 4) is 5.69 Å². The van der Waals surface area contributed by atoms with Crippen molar-refractivity contribution in [1.29, 1.82) is 0 Å². The molecule has 1 aliphatic rings. The number of benzene rings is 1.